The summed E-state index contributed by atoms with van der Waals surface area (Å²) in [6, 6.07) is 0. The molecule has 0 unspecified atom stereocenters. The fourth-order valence-corrected chi connectivity index (χ4v) is 1.91. The lowest BCUT2D eigenvalue weighted by molar-refractivity contribution is 0.364. The number of rotatable bonds is 2. The normalized spacial score (nSPS) is 21.5. The summed E-state index contributed by atoms with van der Waals surface area (Å²) in [5.74, 6) is 0. The van der Waals surface area contributed by atoms with Crippen LogP contribution in [0.3, 0.4) is 0 Å². The zero-order chi connectivity index (χ0) is 8.32. The highest BCUT2D eigenvalue weighted by Crippen LogP contribution is 2.02. The molecule has 1 rings (SSSR count). The molecule has 0 saturated carbocycles. The van der Waals surface area contributed by atoms with Gasteiger partial charge in [-0.2, -0.15) is 4.31 Å². The highest BCUT2D eigenvalue weighted by atomic mass is 32.2. The molecule has 1 aliphatic heterocycles. The molecule has 4 nitrogen and oxygen atoms in total. The van der Waals surface area contributed by atoms with Crippen LogP contribution in [0.4, 0.5) is 0 Å². The molecule has 1 heterocycles. The molecule has 0 amide bonds. The number of nitrogens with zero attached hydrogens (tertiary/aromatic N) is 1. The third-order valence-electron chi connectivity index (χ3n) is 1.65. The van der Waals surface area contributed by atoms with Gasteiger partial charge in [0, 0.05) is 31.6 Å². The Kier molecular flexibility index (Phi) is 2.64. The van der Waals surface area contributed by atoms with E-state index < -0.39 is 10.0 Å². The molecule has 5 heteroatoms. The van der Waals surface area contributed by atoms with Gasteiger partial charge < -0.3 is 5.32 Å². The highest BCUT2D eigenvalue weighted by Gasteiger charge is 2.19. The first-order chi connectivity index (χ1) is 5.17. The lowest BCUT2D eigenvalue weighted by atomic mass is 10.4. The van der Waals surface area contributed by atoms with Gasteiger partial charge in [0.1, 0.15) is 0 Å². The summed E-state index contributed by atoms with van der Waals surface area (Å²) in [6.07, 6.45) is 0. The molecule has 0 aromatic rings. The summed E-state index contributed by atoms with van der Waals surface area (Å²) >= 11 is 0. The molecule has 1 saturated heterocycles. The van der Waals surface area contributed by atoms with Crippen molar-refractivity contribution in [2.45, 2.75) is 0 Å². The molecule has 1 fully saturated rings. The molecule has 0 aromatic heterocycles. The van der Waals surface area contributed by atoms with Gasteiger partial charge in [0.05, 0.1) is 0 Å². The summed E-state index contributed by atoms with van der Waals surface area (Å²) in [4.78, 5) is 0. The largest absolute Gasteiger partial charge is 0.314 e. The average molecular weight is 176 g/mol. The standard InChI is InChI=1S/C6H12N2O2S/c1-2-11(9,10)8-5-3-7-4-6-8/h2,7H,1,3-6H2. The molecule has 0 aliphatic carbocycles. The second-order valence-electron chi connectivity index (χ2n) is 2.36. The van der Waals surface area contributed by atoms with Crippen LogP contribution in [0.15, 0.2) is 12.0 Å². The van der Waals surface area contributed by atoms with Crippen LogP contribution in [0.5, 0.6) is 0 Å². The summed E-state index contributed by atoms with van der Waals surface area (Å²) < 4.78 is 23.7. The van der Waals surface area contributed by atoms with Crippen molar-refractivity contribution in [3.8, 4) is 0 Å². The molecule has 0 spiro atoms. The van der Waals surface area contributed by atoms with Crippen molar-refractivity contribution in [2.75, 3.05) is 26.2 Å². The topological polar surface area (TPSA) is 49.4 Å². The van der Waals surface area contributed by atoms with Gasteiger partial charge in [-0.3, -0.25) is 0 Å². The molecule has 11 heavy (non-hydrogen) atoms. The maximum atomic E-state index is 11.1. The SMILES string of the molecule is C=CS(=O)(=O)N1CCNCC1. The average Bonchev–Trinajstić information content (AvgIpc) is 2.06. The lowest BCUT2D eigenvalue weighted by Gasteiger charge is -2.24. The smallest absolute Gasteiger partial charge is 0.235 e. The predicted molar refractivity (Wildman–Crippen MR) is 43.6 cm³/mol. The molecule has 0 bridgehead atoms. The van der Waals surface area contributed by atoms with E-state index in [0.29, 0.717) is 13.1 Å². The van der Waals surface area contributed by atoms with Gasteiger partial charge >= 0.3 is 0 Å². The molecule has 1 aliphatic rings. The molecule has 0 aromatic carbocycles. The van der Waals surface area contributed by atoms with Crippen molar-refractivity contribution in [1.29, 1.82) is 0 Å². The van der Waals surface area contributed by atoms with Crippen molar-refractivity contribution in [3.63, 3.8) is 0 Å². The van der Waals surface area contributed by atoms with Gasteiger partial charge in [-0.25, -0.2) is 8.42 Å². The Morgan fingerprint density at radius 1 is 1.36 bits per heavy atom. The quantitative estimate of drug-likeness (QED) is 0.609. The first-order valence-corrected chi connectivity index (χ1v) is 5.00. The first kappa shape index (κ1) is 8.70. The van der Waals surface area contributed by atoms with E-state index in [2.05, 4.69) is 11.9 Å². The second kappa shape index (κ2) is 3.34. The Bertz CT molecular complexity index is 229. The Balaban J connectivity index is 2.66. The minimum absolute atomic E-state index is 0.550. The molecule has 0 radical (unpaired) electrons. The lowest BCUT2D eigenvalue weighted by Crippen LogP contribution is -2.45. The third kappa shape index (κ3) is 2.02. The van der Waals surface area contributed by atoms with Gasteiger partial charge in [-0.1, -0.05) is 6.58 Å². The van der Waals surface area contributed by atoms with Gasteiger partial charge in [-0.05, 0) is 0 Å². The molecule has 64 valence electrons. The van der Waals surface area contributed by atoms with Crippen LogP contribution < -0.4 is 5.32 Å². The number of piperazine rings is 1. The second-order valence-corrected chi connectivity index (χ2v) is 4.24. The van der Waals surface area contributed by atoms with Crippen molar-refractivity contribution in [1.82, 2.24) is 9.62 Å². The fraction of sp³-hybridized carbons (Fsp3) is 0.667. The van der Waals surface area contributed by atoms with Crippen LogP contribution in [-0.2, 0) is 10.0 Å². The summed E-state index contributed by atoms with van der Waals surface area (Å²) in [7, 11) is -3.16. The summed E-state index contributed by atoms with van der Waals surface area (Å²) in [6.45, 7) is 5.82. The highest BCUT2D eigenvalue weighted by molar-refractivity contribution is 7.92. The Morgan fingerprint density at radius 2 is 1.91 bits per heavy atom. The molecule has 0 atom stereocenters. The van der Waals surface area contributed by atoms with Gasteiger partial charge in [0.25, 0.3) is 0 Å². The maximum Gasteiger partial charge on any atom is 0.235 e. The van der Waals surface area contributed by atoms with Crippen LogP contribution in [-0.4, -0.2) is 38.9 Å². The van der Waals surface area contributed by atoms with E-state index in [1.807, 2.05) is 0 Å². The zero-order valence-corrected chi connectivity index (χ0v) is 7.10. The summed E-state index contributed by atoms with van der Waals surface area (Å²) in [5, 5.41) is 4.07. The van der Waals surface area contributed by atoms with Crippen molar-refractivity contribution in [3.05, 3.63) is 12.0 Å². The van der Waals surface area contributed by atoms with E-state index >= 15 is 0 Å². The summed E-state index contributed by atoms with van der Waals surface area (Å²) in [5.41, 5.74) is 0. The molecular formula is C6H12N2O2S. The number of hydrogen-bond donors (Lipinski definition) is 1. The van der Waals surface area contributed by atoms with Crippen molar-refractivity contribution in [2.24, 2.45) is 0 Å². The minimum atomic E-state index is -3.16. The van der Waals surface area contributed by atoms with Crippen LogP contribution in [0.25, 0.3) is 0 Å². The van der Waals surface area contributed by atoms with E-state index in [1.54, 1.807) is 0 Å². The monoisotopic (exact) mass is 176 g/mol. The predicted octanol–water partition coefficient (Wildman–Crippen LogP) is -0.635. The van der Waals surface area contributed by atoms with Crippen LogP contribution in [0, 0.1) is 0 Å². The van der Waals surface area contributed by atoms with Gasteiger partial charge in [0.15, 0.2) is 0 Å². The van der Waals surface area contributed by atoms with Crippen molar-refractivity contribution >= 4 is 10.0 Å². The van der Waals surface area contributed by atoms with E-state index in [9.17, 15) is 8.42 Å². The number of sulfonamides is 1. The maximum absolute atomic E-state index is 11.1. The first-order valence-electron chi connectivity index (χ1n) is 3.50. The zero-order valence-electron chi connectivity index (χ0n) is 6.28. The van der Waals surface area contributed by atoms with E-state index in [0.717, 1.165) is 18.5 Å². The van der Waals surface area contributed by atoms with Crippen molar-refractivity contribution < 1.29 is 8.42 Å². The third-order valence-corrected chi connectivity index (χ3v) is 3.15. The van der Waals surface area contributed by atoms with Crippen LogP contribution >= 0.6 is 0 Å². The van der Waals surface area contributed by atoms with Gasteiger partial charge in [0.2, 0.25) is 10.0 Å². The Labute approximate surface area is 66.9 Å². The number of hydrogen-bond acceptors (Lipinski definition) is 3. The molecule has 1 N–H and O–H groups in total. The fourth-order valence-electron chi connectivity index (χ4n) is 1.00. The van der Waals surface area contributed by atoms with E-state index in [4.69, 9.17) is 0 Å². The van der Waals surface area contributed by atoms with E-state index in [1.165, 1.54) is 4.31 Å². The minimum Gasteiger partial charge on any atom is -0.314 e. The van der Waals surface area contributed by atoms with Crippen LogP contribution in [0.2, 0.25) is 0 Å². The van der Waals surface area contributed by atoms with Gasteiger partial charge in [-0.15, -0.1) is 0 Å². The Morgan fingerprint density at radius 3 is 2.36 bits per heavy atom. The van der Waals surface area contributed by atoms with E-state index in [-0.39, 0.29) is 0 Å². The van der Waals surface area contributed by atoms with Crippen LogP contribution in [0.1, 0.15) is 0 Å². The number of nitrogens with one attached hydrogen (secondary N) is 1. The Hall–Kier alpha value is -0.390. The molecular weight excluding hydrogens is 164 g/mol.